The Bertz CT molecular complexity index is 893. The van der Waals surface area contributed by atoms with Crippen molar-refractivity contribution in [2.45, 2.75) is 4.21 Å². The van der Waals surface area contributed by atoms with Gasteiger partial charge in [0, 0.05) is 25.5 Å². The van der Waals surface area contributed by atoms with Gasteiger partial charge in [-0.1, -0.05) is 11.6 Å². The van der Waals surface area contributed by atoms with Gasteiger partial charge in [-0.3, -0.25) is 0 Å². The summed E-state index contributed by atoms with van der Waals surface area (Å²) in [4.78, 5) is 0. The molecule has 3 heterocycles. The van der Waals surface area contributed by atoms with Crippen LogP contribution >= 0.6 is 22.9 Å². The molecule has 0 bridgehead atoms. The third-order valence-corrected chi connectivity index (χ3v) is 6.11. The highest BCUT2D eigenvalue weighted by molar-refractivity contribution is 7.91. The minimum Gasteiger partial charge on any atom is -0.367 e. The predicted molar refractivity (Wildman–Crippen MR) is 92.2 cm³/mol. The van der Waals surface area contributed by atoms with E-state index in [1.54, 1.807) is 41.3 Å². The summed E-state index contributed by atoms with van der Waals surface area (Å²) in [6, 6.07) is 8.33. The van der Waals surface area contributed by atoms with Gasteiger partial charge in [0.05, 0.1) is 4.34 Å². The summed E-state index contributed by atoms with van der Waals surface area (Å²) in [5.74, 6) is 1.14. The number of thiophene rings is 1. The summed E-state index contributed by atoms with van der Waals surface area (Å²) in [5, 5.41) is 15.1. The number of nitrogens with zero attached hydrogens (tertiary/aromatic N) is 4. The summed E-state index contributed by atoms with van der Waals surface area (Å²) < 4.78 is 28.7. The van der Waals surface area contributed by atoms with Crippen LogP contribution in [0.3, 0.4) is 0 Å². The molecule has 0 amide bonds. The number of rotatable bonds is 7. The van der Waals surface area contributed by atoms with E-state index in [1.165, 1.54) is 6.07 Å². The first kappa shape index (κ1) is 16.8. The van der Waals surface area contributed by atoms with E-state index < -0.39 is 10.0 Å². The van der Waals surface area contributed by atoms with E-state index in [9.17, 15) is 8.42 Å². The maximum absolute atomic E-state index is 12.0. The fourth-order valence-corrected chi connectivity index (χ4v) is 4.39. The van der Waals surface area contributed by atoms with Gasteiger partial charge in [0.25, 0.3) is 0 Å². The largest absolute Gasteiger partial charge is 0.367 e. The number of aromatic nitrogens is 4. The van der Waals surface area contributed by atoms with Crippen LogP contribution < -0.4 is 10.0 Å². The van der Waals surface area contributed by atoms with Crippen molar-refractivity contribution >= 4 is 38.8 Å². The monoisotopic (exact) mass is 384 g/mol. The predicted octanol–water partition coefficient (Wildman–Crippen LogP) is 1.77. The average Bonchev–Trinajstić information content (AvgIpc) is 3.24. The van der Waals surface area contributed by atoms with Crippen molar-refractivity contribution in [3.8, 4) is 5.82 Å². The molecular weight excluding hydrogens is 372 g/mol. The first-order valence-corrected chi connectivity index (χ1v) is 9.55. The average molecular weight is 385 g/mol. The molecule has 3 aromatic heterocycles. The van der Waals surface area contributed by atoms with Crippen LogP contribution in [0.5, 0.6) is 0 Å². The van der Waals surface area contributed by atoms with Crippen LogP contribution in [0.25, 0.3) is 5.82 Å². The van der Waals surface area contributed by atoms with E-state index in [0.717, 1.165) is 11.3 Å². The van der Waals surface area contributed by atoms with Crippen LogP contribution in [0.4, 0.5) is 5.82 Å². The minimum absolute atomic E-state index is 0.191. The summed E-state index contributed by atoms with van der Waals surface area (Å²) in [5.41, 5.74) is 0. The summed E-state index contributed by atoms with van der Waals surface area (Å²) in [6.45, 7) is 0.578. The highest BCUT2D eigenvalue weighted by atomic mass is 35.5. The molecule has 0 fully saturated rings. The van der Waals surface area contributed by atoms with Gasteiger partial charge in [-0.25, -0.2) is 17.8 Å². The Balaban J connectivity index is 1.50. The molecule has 2 N–H and O–H groups in total. The number of anilines is 1. The standard InChI is InChI=1S/C13H13ClN6O2S2/c14-10-2-5-13(23-10)24(21,22)17-8-7-15-11-3-4-12(19-18-11)20-9-1-6-16-20/h1-6,9,17H,7-8H2,(H,15,18). The zero-order valence-corrected chi connectivity index (χ0v) is 14.6. The summed E-state index contributed by atoms with van der Waals surface area (Å²) >= 11 is 6.76. The van der Waals surface area contributed by atoms with Crippen molar-refractivity contribution in [1.82, 2.24) is 24.7 Å². The molecule has 0 aromatic carbocycles. The molecule has 0 unspecified atom stereocenters. The molecule has 11 heteroatoms. The number of hydrogen-bond donors (Lipinski definition) is 2. The molecule has 0 saturated heterocycles. The van der Waals surface area contributed by atoms with E-state index in [4.69, 9.17) is 11.6 Å². The van der Waals surface area contributed by atoms with Crippen molar-refractivity contribution < 1.29 is 8.42 Å². The van der Waals surface area contributed by atoms with Gasteiger partial charge in [0.15, 0.2) is 5.82 Å². The third kappa shape index (κ3) is 4.09. The lowest BCUT2D eigenvalue weighted by Crippen LogP contribution is -2.28. The lowest BCUT2D eigenvalue weighted by Gasteiger charge is -2.07. The normalized spacial score (nSPS) is 11.5. The zero-order valence-electron chi connectivity index (χ0n) is 12.3. The lowest BCUT2D eigenvalue weighted by atomic mass is 10.5. The van der Waals surface area contributed by atoms with Crippen molar-refractivity contribution in [2.75, 3.05) is 18.4 Å². The van der Waals surface area contributed by atoms with Gasteiger partial charge < -0.3 is 5.32 Å². The van der Waals surface area contributed by atoms with Crippen molar-refractivity contribution in [3.63, 3.8) is 0 Å². The Hall–Kier alpha value is -2.01. The fourth-order valence-electron chi connectivity index (χ4n) is 1.84. The quantitative estimate of drug-likeness (QED) is 0.602. The molecule has 0 radical (unpaired) electrons. The molecule has 0 aliphatic rings. The van der Waals surface area contributed by atoms with E-state index in [1.807, 2.05) is 0 Å². The van der Waals surface area contributed by atoms with E-state index in [-0.39, 0.29) is 10.8 Å². The van der Waals surface area contributed by atoms with Gasteiger partial charge >= 0.3 is 0 Å². The van der Waals surface area contributed by atoms with Crippen molar-refractivity contribution in [1.29, 1.82) is 0 Å². The SMILES string of the molecule is O=S(=O)(NCCNc1ccc(-n2cccn2)nn1)c1ccc(Cl)s1. The van der Waals surface area contributed by atoms with Gasteiger partial charge in [0.1, 0.15) is 10.0 Å². The molecule has 24 heavy (non-hydrogen) atoms. The number of hydrogen-bond acceptors (Lipinski definition) is 7. The van der Waals surface area contributed by atoms with Crippen LogP contribution in [0, 0.1) is 0 Å². The van der Waals surface area contributed by atoms with Crippen LogP contribution in [-0.2, 0) is 10.0 Å². The molecule has 3 aromatic rings. The molecular formula is C13H13ClN6O2S2. The third-order valence-electron chi connectivity index (χ3n) is 2.93. The fraction of sp³-hybridized carbons (Fsp3) is 0.154. The minimum atomic E-state index is -3.53. The molecule has 3 rings (SSSR count). The van der Waals surface area contributed by atoms with E-state index in [2.05, 4.69) is 25.3 Å². The second kappa shape index (κ2) is 7.26. The lowest BCUT2D eigenvalue weighted by molar-refractivity contribution is 0.585. The van der Waals surface area contributed by atoms with Crippen LogP contribution in [0.15, 0.2) is 46.9 Å². The molecule has 0 spiro atoms. The van der Waals surface area contributed by atoms with Gasteiger partial charge in [0.2, 0.25) is 10.0 Å². The second-order valence-corrected chi connectivity index (χ2v) is 8.32. The number of halogens is 1. The van der Waals surface area contributed by atoms with E-state index in [0.29, 0.717) is 22.5 Å². The smallest absolute Gasteiger partial charge is 0.250 e. The highest BCUT2D eigenvalue weighted by Gasteiger charge is 2.15. The molecule has 0 saturated carbocycles. The molecule has 0 aliphatic heterocycles. The summed E-state index contributed by atoms with van der Waals surface area (Å²) in [6.07, 6.45) is 3.42. The number of sulfonamides is 1. The Morgan fingerprint density at radius 2 is 2.04 bits per heavy atom. The van der Waals surface area contributed by atoms with Gasteiger partial charge in [-0.05, 0) is 30.3 Å². The van der Waals surface area contributed by atoms with Crippen molar-refractivity contribution in [3.05, 3.63) is 47.1 Å². The zero-order chi connectivity index (χ0) is 17.0. The molecule has 0 atom stereocenters. The topological polar surface area (TPSA) is 102 Å². The van der Waals surface area contributed by atoms with Crippen LogP contribution in [-0.4, -0.2) is 41.5 Å². The maximum atomic E-state index is 12.0. The summed E-state index contributed by atoms with van der Waals surface area (Å²) in [7, 11) is -3.53. The molecule has 0 aliphatic carbocycles. The molecule has 126 valence electrons. The Morgan fingerprint density at radius 3 is 2.67 bits per heavy atom. The van der Waals surface area contributed by atoms with Crippen LogP contribution in [0.2, 0.25) is 4.34 Å². The highest BCUT2D eigenvalue weighted by Crippen LogP contribution is 2.25. The van der Waals surface area contributed by atoms with Crippen molar-refractivity contribution in [2.24, 2.45) is 0 Å². The van der Waals surface area contributed by atoms with Crippen LogP contribution in [0.1, 0.15) is 0 Å². The Labute approximate surface area is 147 Å². The maximum Gasteiger partial charge on any atom is 0.250 e. The molecule has 8 nitrogen and oxygen atoms in total. The second-order valence-electron chi connectivity index (χ2n) is 4.61. The van der Waals surface area contributed by atoms with Gasteiger partial charge in [-0.15, -0.1) is 21.5 Å². The first-order valence-electron chi connectivity index (χ1n) is 6.87. The Kier molecular flexibility index (Phi) is 5.09. The van der Waals surface area contributed by atoms with Gasteiger partial charge in [-0.2, -0.15) is 5.10 Å². The van der Waals surface area contributed by atoms with E-state index >= 15 is 0 Å². The first-order chi connectivity index (χ1) is 11.5. The number of nitrogens with one attached hydrogen (secondary N) is 2. The Morgan fingerprint density at radius 1 is 1.17 bits per heavy atom.